The molecule has 3 aromatic rings. The predicted octanol–water partition coefficient (Wildman–Crippen LogP) is -1.42. The van der Waals surface area contributed by atoms with E-state index in [1.54, 1.807) is 18.2 Å². The van der Waals surface area contributed by atoms with Crippen molar-refractivity contribution in [2.45, 2.75) is 49.1 Å². The van der Waals surface area contributed by atoms with Gasteiger partial charge in [0.1, 0.15) is 42.4 Å². The summed E-state index contributed by atoms with van der Waals surface area (Å²) in [7, 11) is -10.8. The molecule has 1 aromatic carbocycles. The smallest absolute Gasteiger partial charge is 0.450 e. The topological polar surface area (TPSA) is 298 Å². The summed E-state index contributed by atoms with van der Waals surface area (Å²) in [5.74, 6) is -0.840. The number of nitrogen functional groups attached to an aromatic ring is 1. The number of fused-ring (bicyclic) bond motifs is 1. The Labute approximate surface area is 246 Å². The molecule has 8 N–H and O–H groups in total. The van der Waals surface area contributed by atoms with Crippen molar-refractivity contribution in [2.24, 2.45) is 0 Å². The molecule has 2 aliphatic rings. The van der Waals surface area contributed by atoms with Gasteiger partial charge < -0.3 is 50.2 Å². The van der Waals surface area contributed by atoms with Gasteiger partial charge in [0.15, 0.2) is 30.1 Å². The van der Waals surface area contributed by atoms with Crippen LogP contribution in [-0.2, 0) is 36.7 Å². The van der Waals surface area contributed by atoms with E-state index in [9.17, 15) is 44.1 Å². The van der Waals surface area contributed by atoms with E-state index >= 15 is 0 Å². The van der Waals surface area contributed by atoms with Gasteiger partial charge in [0.2, 0.25) is 0 Å². The maximum Gasteiger partial charge on any atom is 0.481 e. The zero-order valence-electron chi connectivity index (χ0n) is 22.2. The fourth-order valence-corrected chi connectivity index (χ4v) is 6.51. The largest absolute Gasteiger partial charge is 0.481 e. The summed E-state index contributed by atoms with van der Waals surface area (Å²) >= 11 is 0. The highest BCUT2D eigenvalue weighted by molar-refractivity contribution is 7.61. The Balaban J connectivity index is 1.13. The van der Waals surface area contributed by atoms with E-state index in [0.29, 0.717) is 0 Å². The third-order valence-electron chi connectivity index (χ3n) is 6.57. The Hall–Kier alpha value is -2.94. The number of aliphatic hydroxyl groups is 4. The number of hydrogen-bond donors (Lipinski definition) is 7. The van der Waals surface area contributed by atoms with Gasteiger partial charge in [-0.1, -0.05) is 18.2 Å². The molecule has 0 spiro atoms. The monoisotopic (exact) mass is 663 g/mol. The number of nitrogens with zero attached hydrogens (tertiary/aromatic N) is 4. The number of nitrogens with two attached hydrogens (primary N) is 1. The van der Waals surface area contributed by atoms with Crippen LogP contribution in [0.25, 0.3) is 11.2 Å². The van der Waals surface area contributed by atoms with Gasteiger partial charge in [0, 0.05) is 0 Å². The third kappa shape index (κ3) is 6.98. The number of rotatable bonds is 11. The lowest BCUT2D eigenvalue weighted by Crippen LogP contribution is -2.38. The summed E-state index contributed by atoms with van der Waals surface area (Å²) in [6.07, 6.45) is -10.3. The van der Waals surface area contributed by atoms with Crippen LogP contribution in [0.15, 0.2) is 43.0 Å². The Bertz CT molecular complexity index is 1580. The van der Waals surface area contributed by atoms with Crippen molar-refractivity contribution in [1.82, 2.24) is 19.5 Å². The number of carbonyl (C=O) groups is 1. The number of hydrogen-bond acceptors (Lipinski definition) is 17. The third-order valence-corrected chi connectivity index (χ3v) is 9.18. The number of ether oxygens (including phenoxy) is 3. The molecule has 0 bridgehead atoms. The highest BCUT2D eigenvalue weighted by Gasteiger charge is 2.48. The Morgan fingerprint density at radius 2 is 1.55 bits per heavy atom. The molecular formula is C22H27N5O15P2. The number of aliphatic hydroxyl groups excluding tert-OH is 4. The van der Waals surface area contributed by atoms with Crippen LogP contribution in [0.1, 0.15) is 16.6 Å². The zero-order valence-corrected chi connectivity index (χ0v) is 24.0. The van der Waals surface area contributed by atoms with Crippen LogP contribution < -0.4 is 5.73 Å². The van der Waals surface area contributed by atoms with Crippen LogP contribution in [0.3, 0.4) is 0 Å². The number of aromatic nitrogens is 4. The number of phosphoric ester groups is 2. The second-order valence-electron chi connectivity index (χ2n) is 9.53. The number of anilines is 1. The van der Waals surface area contributed by atoms with Crippen LogP contribution in [0.5, 0.6) is 0 Å². The molecular weight excluding hydrogens is 636 g/mol. The van der Waals surface area contributed by atoms with Crippen LogP contribution >= 0.6 is 15.6 Å². The fourth-order valence-electron chi connectivity index (χ4n) is 4.41. The van der Waals surface area contributed by atoms with E-state index in [1.807, 2.05) is 0 Å². The number of benzene rings is 1. The number of phosphoric acid groups is 2. The molecule has 2 fully saturated rings. The summed E-state index contributed by atoms with van der Waals surface area (Å²) in [6, 6.07) is 7.64. The molecule has 10 atom stereocenters. The van der Waals surface area contributed by atoms with Crippen molar-refractivity contribution in [3.63, 3.8) is 0 Å². The maximum absolute atomic E-state index is 12.4. The molecule has 20 nitrogen and oxygen atoms in total. The van der Waals surface area contributed by atoms with Crippen molar-refractivity contribution < 1.29 is 71.7 Å². The normalized spacial score (nSPS) is 31.5. The van der Waals surface area contributed by atoms with Crippen molar-refractivity contribution in [3.8, 4) is 0 Å². The second kappa shape index (κ2) is 12.8. The van der Waals surface area contributed by atoms with E-state index in [-0.39, 0.29) is 22.5 Å². The first-order valence-corrected chi connectivity index (χ1v) is 15.6. The molecule has 2 saturated heterocycles. The molecule has 0 aliphatic carbocycles. The summed E-state index contributed by atoms with van der Waals surface area (Å²) in [4.78, 5) is 44.0. The first kappa shape index (κ1) is 32.5. The molecule has 44 heavy (non-hydrogen) atoms. The molecule has 0 radical (unpaired) electrons. The summed E-state index contributed by atoms with van der Waals surface area (Å²) in [5, 5.41) is 41.3. The van der Waals surface area contributed by atoms with Gasteiger partial charge in [-0.25, -0.2) is 28.9 Å². The van der Waals surface area contributed by atoms with Gasteiger partial charge in [-0.2, -0.15) is 4.31 Å². The molecule has 2 unspecified atom stereocenters. The first-order valence-electron chi connectivity index (χ1n) is 12.6. The highest BCUT2D eigenvalue weighted by atomic mass is 31.3. The van der Waals surface area contributed by atoms with E-state index < -0.39 is 84.0 Å². The van der Waals surface area contributed by atoms with Gasteiger partial charge in [-0.3, -0.25) is 13.6 Å². The Morgan fingerprint density at radius 3 is 2.20 bits per heavy atom. The highest BCUT2D eigenvalue weighted by Crippen LogP contribution is 2.60. The second-order valence-corrected chi connectivity index (χ2v) is 12.6. The van der Waals surface area contributed by atoms with Crippen molar-refractivity contribution in [3.05, 3.63) is 48.5 Å². The lowest BCUT2D eigenvalue weighted by atomic mass is 10.1. The fraction of sp³-hybridized carbons (Fsp3) is 0.455. The summed E-state index contributed by atoms with van der Waals surface area (Å²) in [5.41, 5.74) is 6.22. The molecule has 22 heteroatoms. The standard InChI is InChI=1S/C22H27N5O15P2/c23-18-13-19(25-8-24-18)27(9-26-13)20-16(30)14(28)11(39-20)6-37-43(33,34)42-44(35,36)38-7-12-15(29)17(22(32)40-12)41-21(31)10-4-2-1-3-5-10/h1-5,8-9,11-12,14-17,20,22,28-30,32H,6-7H2,(H,33,34)(H,35,36)(H2,23,24,25)/t11-,12-,14-,15-,16-,17-,20-,22-/m1/s1. The van der Waals surface area contributed by atoms with Gasteiger partial charge in [0.05, 0.1) is 25.1 Å². The zero-order chi connectivity index (χ0) is 31.8. The van der Waals surface area contributed by atoms with Crippen LogP contribution in [0, 0.1) is 0 Å². The lowest BCUT2D eigenvalue weighted by molar-refractivity contribution is -0.134. The number of esters is 1. The summed E-state index contributed by atoms with van der Waals surface area (Å²) < 4.78 is 55.2. The molecule has 0 amide bonds. The van der Waals surface area contributed by atoms with Crippen LogP contribution in [0.4, 0.5) is 5.82 Å². The van der Waals surface area contributed by atoms with E-state index in [0.717, 1.165) is 6.33 Å². The Kier molecular flexibility index (Phi) is 9.45. The SMILES string of the molecule is Nc1ncnc2c1ncn2[C@@H]1O[C@H](COP(=O)(O)OP(=O)(O)OC[C@H]2O[C@@H](O)[C@H](OC(=O)c3ccccc3)[C@@H]2O)[C@@H](O)[C@H]1O. The van der Waals surface area contributed by atoms with Crippen LogP contribution in [-0.4, -0.2) is 112 Å². The van der Waals surface area contributed by atoms with Crippen molar-refractivity contribution in [1.29, 1.82) is 0 Å². The molecule has 4 heterocycles. The Morgan fingerprint density at radius 1 is 0.909 bits per heavy atom. The lowest BCUT2D eigenvalue weighted by Gasteiger charge is -2.21. The number of carbonyl (C=O) groups excluding carboxylic acids is 1. The minimum absolute atomic E-state index is 0.0483. The quantitative estimate of drug-likeness (QED) is 0.0914. The molecule has 2 aromatic heterocycles. The minimum Gasteiger partial charge on any atom is -0.450 e. The van der Waals surface area contributed by atoms with E-state index in [2.05, 4.69) is 28.3 Å². The molecule has 0 saturated carbocycles. The average molecular weight is 663 g/mol. The minimum atomic E-state index is -5.39. The van der Waals surface area contributed by atoms with Crippen LogP contribution in [0.2, 0.25) is 0 Å². The molecule has 2 aliphatic heterocycles. The summed E-state index contributed by atoms with van der Waals surface area (Å²) in [6.45, 7) is -1.87. The number of imidazole rings is 1. The van der Waals surface area contributed by atoms with Gasteiger partial charge in [0.25, 0.3) is 0 Å². The van der Waals surface area contributed by atoms with Gasteiger partial charge in [-0.05, 0) is 12.1 Å². The maximum atomic E-state index is 12.4. The van der Waals surface area contributed by atoms with E-state index in [4.69, 9.17) is 19.9 Å². The van der Waals surface area contributed by atoms with Crippen molar-refractivity contribution >= 4 is 38.6 Å². The average Bonchev–Trinajstić information content (AvgIpc) is 3.61. The van der Waals surface area contributed by atoms with Gasteiger partial charge >= 0.3 is 21.6 Å². The first-order chi connectivity index (χ1) is 20.8. The van der Waals surface area contributed by atoms with E-state index in [1.165, 1.54) is 23.0 Å². The van der Waals surface area contributed by atoms with Crippen molar-refractivity contribution in [2.75, 3.05) is 18.9 Å². The van der Waals surface area contributed by atoms with Gasteiger partial charge in [-0.15, -0.1) is 0 Å². The molecule has 240 valence electrons. The molecule has 5 rings (SSSR count). The predicted molar refractivity (Wildman–Crippen MR) is 141 cm³/mol.